The number of hydrogen-bond acceptors (Lipinski definition) is 4. The van der Waals surface area contributed by atoms with Crippen molar-refractivity contribution in [2.24, 2.45) is 5.92 Å². The van der Waals surface area contributed by atoms with Crippen molar-refractivity contribution in [1.82, 2.24) is 9.47 Å². The van der Waals surface area contributed by atoms with Crippen LogP contribution in [0.5, 0.6) is 0 Å². The quantitative estimate of drug-likeness (QED) is 0.771. The molecule has 2 bridgehead atoms. The van der Waals surface area contributed by atoms with Gasteiger partial charge in [0, 0.05) is 60.4 Å². The molecule has 1 fully saturated rings. The Labute approximate surface area is 139 Å². The molecule has 0 aromatic carbocycles. The van der Waals surface area contributed by atoms with Crippen molar-refractivity contribution < 1.29 is 9.32 Å². The van der Waals surface area contributed by atoms with Crippen molar-refractivity contribution >= 4 is 10.8 Å². The van der Waals surface area contributed by atoms with Crippen LogP contribution in [-0.4, -0.2) is 56.0 Å². The molecule has 23 heavy (non-hydrogen) atoms. The van der Waals surface area contributed by atoms with E-state index in [1.165, 1.54) is 0 Å². The zero-order valence-electron chi connectivity index (χ0n) is 13.3. The number of fused-ring (bicyclic) bond motifs is 4. The number of β-amino-alcohol motifs (C(OH)–C–C–N with tert-alkyl or cyclic N) is 1. The fourth-order valence-corrected chi connectivity index (χ4v) is 4.84. The van der Waals surface area contributed by atoms with Crippen molar-refractivity contribution in [2.45, 2.75) is 25.0 Å². The monoisotopic (exact) mass is 336 g/mol. The standard InChI is InChI=1S/C17H24N2O3S/c1-2-6-23(22)12-15(20)11-18-8-13-7-14(10-18)16-4-3-5-17(21)19(16)9-13/h2-5,13-15,20H,1,6-12H2/t13-,14+,15+,23-/m0/s1. The van der Waals surface area contributed by atoms with Gasteiger partial charge >= 0.3 is 0 Å². The molecular weight excluding hydrogens is 312 g/mol. The van der Waals surface area contributed by atoms with Crippen molar-refractivity contribution in [3.63, 3.8) is 0 Å². The normalized spacial score (nSPS) is 26.3. The van der Waals surface area contributed by atoms with E-state index in [4.69, 9.17) is 0 Å². The Bertz CT molecular complexity index is 657. The molecule has 0 radical (unpaired) electrons. The molecule has 2 aliphatic heterocycles. The van der Waals surface area contributed by atoms with Crippen molar-refractivity contribution in [1.29, 1.82) is 0 Å². The number of nitrogens with zero attached hydrogens (tertiary/aromatic N) is 2. The number of hydrogen-bond donors (Lipinski definition) is 1. The molecule has 1 aromatic heterocycles. The lowest BCUT2D eigenvalue weighted by Gasteiger charge is -2.43. The fourth-order valence-electron chi connectivity index (χ4n) is 3.91. The number of aromatic nitrogens is 1. The Morgan fingerprint density at radius 1 is 1.39 bits per heavy atom. The van der Waals surface area contributed by atoms with Crippen molar-refractivity contribution in [3.8, 4) is 0 Å². The van der Waals surface area contributed by atoms with Gasteiger partial charge in [0.25, 0.3) is 5.56 Å². The molecule has 1 N–H and O–H groups in total. The second kappa shape index (κ2) is 7.11. The SMILES string of the molecule is C=CC[S@](=O)C[C@H](O)CN1C[C@@H]2C[C@H](C1)c1cccc(=O)n1C2. The van der Waals surface area contributed by atoms with Gasteiger partial charge in [-0.1, -0.05) is 12.1 Å². The highest BCUT2D eigenvalue weighted by Gasteiger charge is 2.34. The summed E-state index contributed by atoms with van der Waals surface area (Å²) in [6.45, 7) is 6.63. The van der Waals surface area contributed by atoms with E-state index in [-0.39, 0.29) is 5.56 Å². The highest BCUT2D eigenvalue weighted by Crippen LogP contribution is 2.34. The molecule has 126 valence electrons. The highest BCUT2D eigenvalue weighted by molar-refractivity contribution is 7.85. The van der Waals surface area contributed by atoms with Crippen LogP contribution in [-0.2, 0) is 17.3 Å². The van der Waals surface area contributed by atoms with Gasteiger partial charge in [-0.3, -0.25) is 13.9 Å². The second-order valence-corrected chi connectivity index (χ2v) is 8.18. The molecule has 3 rings (SSSR count). The van der Waals surface area contributed by atoms with Crippen LogP contribution >= 0.6 is 0 Å². The topological polar surface area (TPSA) is 62.5 Å². The Balaban J connectivity index is 1.65. The first-order valence-corrected chi connectivity index (χ1v) is 9.61. The molecule has 5 nitrogen and oxygen atoms in total. The summed E-state index contributed by atoms with van der Waals surface area (Å²) in [6, 6.07) is 5.50. The number of pyridine rings is 1. The molecule has 0 unspecified atom stereocenters. The summed E-state index contributed by atoms with van der Waals surface area (Å²) in [5.74, 6) is 1.53. The van der Waals surface area contributed by atoms with Crippen LogP contribution < -0.4 is 5.56 Å². The van der Waals surface area contributed by atoms with Crippen LogP contribution in [0.1, 0.15) is 18.0 Å². The number of piperidine rings is 1. The van der Waals surface area contributed by atoms with E-state index in [0.717, 1.165) is 31.7 Å². The summed E-state index contributed by atoms with van der Waals surface area (Å²) < 4.78 is 13.6. The predicted octanol–water partition coefficient (Wildman–Crippen LogP) is 0.563. The summed E-state index contributed by atoms with van der Waals surface area (Å²) in [4.78, 5) is 14.3. The van der Waals surface area contributed by atoms with Crippen LogP contribution in [0.3, 0.4) is 0 Å². The maximum absolute atomic E-state index is 12.0. The molecule has 4 atom stereocenters. The van der Waals surface area contributed by atoms with Gasteiger partial charge in [-0.2, -0.15) is 0 Å². The minimum absolute atomic E-state index is 0.0884. The Morgan fingerprint density at radius 2 is 2.22 bits per heavy atom. The molecule has 0 saturated carbocycles. The number of aliphatic hydroxyl groups is 1. The summed E-state index contributed by atoms with van der Waals surface area (Å²) in [5.41, 5.74) is 1.20. The first-order valence-electron chi connectivity index (χ1n) is 8.13. The zero-order chi connectivity index (χ0) is 16.4. The molecule has 0 spiro atoms. The van der Waals surface area contributed by atoms with Gasteiger partial charge in [-0.25, -0.2) is 0 Å². The second-order valence-electron chi connectivity index (χ2n) is 6.63. The largest absolute Gasteiger partial charge is 0.391 e. The smallest absolute Gasteiger partial charge is 0.250 e. The van der Waals surface area contributed by atoms with Gasteiger partial charge < -0.3 is 9.67 Å². The summed E-state index contributed by atoms with van der Waals surface area (Å²) in [6.07, 6.45) is 2.16. The third kappa shape index (κ3) is 3.82. The average Bonchev–Trinajstić information content (AvgIpc) is 2.48. The van der Waals surface area contributed by atoms with E-state index in [2.05, 4.69) is 11.5 Å². The van der Waals surface area contributed by atoms with E-state index in [1.807, 2.05) is 16.7 Å². The van der Waals surface area contributed by atoms with Gasteiger partial charge in [0.15, 0.2) is 0 Å². The molecular formula is C17H24N2O3S. The maximum Gasteiger partial charge on any atom is 0.250 e. The molecule has 1 aromatic rings. The lowest BCUT2D eigenvalue weighted by molar-refractivity contribution is 0.0714. The van der Waals surface area contributed by atoms with Crippen LogP contribution in [0.2, 0.25) is 0 Å². The summed E-state index contributed by atoms with van der Waals surface area (Å²) in [7, 11) is -1.04. The predicted molar refractivity (Wildman–Crippen MR) is 92.1 cm³/mol. The van der Waals surface area contributed by atoms with E-state index in [9.17, 15) is 14.1 Å². The van der Waals surface area contributed by atoms with Crippen LogP contribution in [0.4, 0.5) is 0 Å². The Hall–Kier alpha value is -1.24. The minimum atomic E-state index is -1.04. The van der Waals surface area contributed by atoms with Crippen molar-refractivity contribution in [3.05, 3.63) is 46.9 Å². The van der Waals surface area contributed by atoms with Gasteiger partial charge in [0.1, 0.15) is 0 Å². The molecule has 3 heterocycles. The van der Waals surface area contributed by atoms with Gasteiger partial charge in [-0.15, -0.1) is 6.58 Å². The van der Waals surface area contributed by atoms with E-state index >= 15 is 0 Å². The zero-order valence-corrected chi connectivity index (χ0v) is 14.1. The molecule has 1 saturated heterocycles. The lowest BCUT2D eigenvalue weighted by Crippen LogP contribution is -2.49. The minimum Gasteiger partial charge on any atom is -0.391 e. The van der Waals surface area contributed by atoms with E-state index in [0.29, 0.717) is 29.9 Å². The third-order valence-corrected chi connectivity index (χ3v) is 6.07. The molecule has 2 aliphatic rings. The molecule has 0 amide bonds. The number of rotatable bonds is 6. The fraction of sp³-hybridized carbons (Fsp3) is 0.588. The molecule has 6 heteroatoms. The van der Waals surface area contributed by atoms with Crippen LogP contribution in [0.15, 0.2) is 35.6 Å². The van der Waals surface area contributed by atoms with E-state index in [1.54, 1.807) is 12.1 Å². The number of aliphatic hydroxyl groups excluding tert-OH is 1. The van der Waals surface area contributed by atoms with Gasteiger partial charge in [-0.05, 0) is 18.4 Å². The van der Waals surface area contributed by atoms with Gasteiger partial charge in [0.2, 0.25) is 0 Å². The first kappa shape index (κ1) is 16.6. The van der Waals surface area contributed by atoms with E-state index < -0.39 is 16.9 Å². The van der Waals surface area contributed by atoms with Gasteiger partial charge in [0.05, 0.1) is 11.9 Å². The Kier molecular flexibility index (Phi) is 5.14. The highest BCUT2D eigenvalue weighted by atomic mass is 32.2. The van der Waals surface area contributed by atoms with Crippen LogP contribution in [0, 0.1) is 5.92 Å². The van der Waals surface area contributed by atoms with Crippen molar-refractivity contribution in [2.75, 3.05) is 31.1 Å². The van der Waals surface area contributed by atoms with Crippen LogP contribution in [0.25, 0.3) is 0 Å². The summed E-state index contributed by atoms with van der Waals surface area (Å²) in [5, 5.41) is 10.2. The lowest BCUT2D eigenvalue weighted by atomic mass is 9.83. The summed E-state index contributed by atoms with van der Waals surface area (Å²) >= 11 is 0. The maximum atomic E-state index is 12.0. The average molecular weight is 336 g/mol. The third-order valence-electron chi connectivity index (χ3n) is 4.71. The number of likely N-dealkylation sites (tertiary alicyclic amines) is 1. The molecule has 0 aliphatic carbocycles. The first-order chi connectivity index (χ1) is 11.1. The Morgan fingerprint density at radius 3 is 3.00 bits per heavy atom.